The van der Waals surface area contributed by atoms with E-state index in [0.29, 0.717) is 12.8 Å². The van der Waals surface area contributed by atoms with Crippen LogP contribution in [0.2, 0.25) is 0 Å². The highest BCUT2D eigenvalue weighted by molar-refractivity contribution is 7.92. The van der Waals surface area contributed by atoms with E-state index in [1.165, 1.54) is 0 Å². The second-order valence-corrected chi connectivity index (χ2v) is 8.27. The van der Waals surface area contributed by atoms with Gasteiger partial charge in [-0.1, -0.05) is 6.92 Å². The molecule has 0 spiro atoms. The Hall–Kier alpha value is -0.0900. The Morgan fingerprint density at radius 3 is 2.00 bits per heavy atom. The van der Waals surface area contributed by atoms with E-state index in [1.807, 2.05) is 6.92 Å². The molecule has 2 atom stereocenters. The van der Waals surface area contributed by atoms with E-state index < -0.39 is 14.6 Å². The number of aliphatic hydroxyl groups is 1. The van der Waals surface area contributed by atoms with E-state index in [1.54, 1.807) is 27.7 Å². The zero-order valence-electron chi connectivity index (χ0n) is 10.4. The number of aliphatic hydroxyl groups excluding tert-OH is 1. The molecule has 0 aromatic carbocycles. The summed E-state index contributed by atoms with van der Waals surface area (Å²) < 4.78 is 22.9. The predicted octanol–water partition coefficient (Wildman–Crippen LogP) is 2.00. The Kier molecular flexibility index (Phi) is 5.27. The normalized spacial score (nSPS) is 17.5. The van der Waals surface area contributed by atoms with Crippen LogP contribution in [0.3, 0.4) is 0 Å². The molecule has 1 N–H and O–H groups in total. The first-order valence-corrected chi connectivity index (χ1v) is 7.12. The molecule has 92 valence electrons. The van der Waals surface area contributed by atoms with Crippen molar-refractivity contribution in [1.82, 2.24) is 0 Å². The summed E-state index contributed by atoms with van der Waals surface area (Å²) >= 11 is 0. The standard InChI is InChI=1S/C11H24O3S/c1-9(8-10(2)12)6-7-15(13,14)11(3,4)5/h9-10,12H,6-8H2,1-5H3. The molecular formula is C11H24O3S. The van der Waals surface area contributed by atoms with E-state index in [4.69, 9.17) is 5.11 Å². The maximum atomic E-state index is 11.8. The maximum Gasteiger partial charge on any atom is 0.155 e. The molecule has 0 aliphatic heterocycles. The summed E-state index contributed by atoms with van der Waals surface area (Å²) in [6, 6.07) is 0. The Morgan fingerprint density at radius 1 is 1.20 bits per heavy atom. The SMILES string of the molecule is CC(O)CC(C)CCS(=O)(=O)C(C)(C)C. The first kappa shape index (κ1) is 14.9. The fourth-order valence-electron chi connectivity index (χ4n) is 1.36. The molecule has 0 rings (SSSR count). The molecule has 0 aliphatic rings. The predicted molar refractivity (Wildman–Crippen MR) is 63.6 cm³/mol. The Bertz CT molecular complexity index is 273. The van der Waals surface area contributed by atoms with E-state index in [-0.39, 0.29) is 17.8 Å². The lowest BCUT2D eigenvalue weighted by Crippen LogP contribution is -2.31. The number of sulfone groups is 1. The van der Waals surface area contributed by atoms with Gasteiger partial charge in [0.2, 0.25) is 0 Å². The molecule has 2 unspecified atom stereocenters. The van der Waals surface area contributed by atoms with Crippen molar-refractivity contribution in [2.75, 3.05) is 5.75 Å². The lowest BCUT2D eigenvalue weighted by molar-refractivity contribution is 0.163. The summed E-state index contributed by atoms with van der Waals surface area (Å²) in [6.07, 6.45) is 0.946. The van der Waals surface area contributed by atoms with E-state index in [0.717, 1.165) is 0 Å². The van der Waals surface area contributed by atoms with Gasteiger partial charge in [-0.2, -0.15) is 0 Å². The summed E-state index contributed by atoms with van der Waals surface area (Å²) in [5, 5.41) is 9.16. The average Bonchev–Trinajstić information content (AvgIpc) is 1.97. The third-order valence-electron chi connectivity index (χ3n) is 2.56. The highest BCUT2D eigenvalue weighted by Gasteiger charge is 2.28. The second-order valence-electron chi connectivity index (χ2n) is 5.41. The highest BCUT2D eigenvalue weighted by Crippen LogP contribution is 2.20. The third kappa shape index (κ3) is 5.52. The fraction of sp³-hybridized carbons (Fsp3) is 1.00. The van der Waals surface area contributed by atoms with E-state index >= 15 is 0 Å². The van der Waals surface area contributed by atoms with Crippen LogP contribution >= 0.6 is 0 Å². The van der Waals surface area contributed by atoms with Crippen molar-refractivity contribution in [3.05, 3.63) is 0 Å². The molecule has 0 aromatic rings. The Balaban J connectivity index is 4.17. The van der Waals surface area contributed by atoms with Gasteiger partial charge in [-0.3, -0.25) is 0 Å². The van der Waals surface area contributed by atoms with E-state index in [2.05, 4.69) is 0 Å². The van der Waals surface area contributed by atoms with Gasteiger partial charge in [-0.15, -0.1) is 0 Å². The second kappa shape index (κ2) is 5.30. The fourth-order valence-corrected chi connectivity index (χ4v) is 2.69. The van der Waals surface area contributed by atoms with Gasteiger partial charge in [0.25, 0.3) is 0 Å². The average molecular weight is 236 g/mol. The van der Waals surface area contributed by atoms with Crippen LogP contribution in [-0.2, 0) is 9.84 Å². The van der Waals surface area contributed by atoms with Gasteiger partial charge < -0.3 is 5.11 Å². The lowest BCUT2D eigenvalue weighted by Gasteiger charge is -2.21. The minimum absolute atomic E-state index is 0.213. The molecule has 0 heterocycles. The first-order chi connectivity index (χ1) is 6.56. The molecule has 0 aliphatic carbocycles. The van der Waals surface area contributed by atoms with Gasteiger partial charge in [-0.05, 0) is 46.5 Å². The summed E-state index contributed by atoms with van der Waals surface area (Å²) in [5.74, 6) is 0.465. The molecule has 0 amide bonds. The zero-order chi connectivity index (χ0) is 12.3. The quantitative estimate of drug-likeness (QED) is 0.794. The van der Waals surface area contributed by atoms with Crippen molar-refractivity contribution < 1.29 is 13.5 Å². The van der Waals surface area contributed by atoms with Crippen LogP contribution in [0.15, 0.2) is 0 Å². The number of hydrogen-bond donors (Lipinski definition) is 1. The van der Waals surface area contributed by atoms with Gasteiger partial charge in [0, 0.05) is 0 Å². The largest absolute Gasteiger partial charge is 0.393 e. The van der Waals surface area contributed by atoms with Crippen LogP contribution in [0.1, 0.15) is 47.5 Å². The molecule has 0 aromatic heterocycles. The minimum atomic E-state index is -3.01. The van der Waals surface area contributed by atoms with Crippen LogP contribution in [0, 0.1) is 5.92 Å². The molecule has 0 fully saturated rings. The van der Waals surface area contributed by atoms with Gasteiger partial charge in [0.15, 0.2) is 9.84 Å². The topological polar surface area (TPSA) is 54.4 Å². The first-order valence-electron chi connectivity index (χ1n) is 5.46. The lowest BCUT2D eigenvalue weighted by atomic mass is 10.0. The molecule has 0 saturated carbocycles. The summed E-state index contributed by atoms with van der Waals surface area (Å²) in [6.45, 7) is 8.88. The minimum Gasteiger partial charge on any atom is -0.393 e. The molecule has 15 heavy (non-hydrogen) atoms. The summed E-state index contributed by atoms with van der Waals surface area (Å²) in [5.41, 5.74) is 0. The van der Waals surface area contributed by atoms with Crippen LogP contribution in [0.25, 0.3) is 0 Å². The van der Waals surface area contributed by atoms with Gasteiger partial charge >= 0.3 is 0 Å². The highest BCUT2D eigenvalue weighted by atomic mass is 32.2. The van der Waals surface area contributed by atoms with Crippen LogP contribution < -0.4 is 0 Å². The van der Waals surface area contributed by atoms with Crippen LogP contribution in [-0.4, -0.2) is 30.1 Å². The van der Waals surface area contributed by atoms with Crippen molar-refractivity contribution >= 4 is 9.84 Å². The van der Waals surface area contributed by atoms with Gasteiger partial charge in [0.05, 0.1) is 16.6 Å². The van der Waals surface area contributed by atoms with Crippen molar-refractivity contribution in [3.63, 3.8) is 0 Å². The molecule has 0 saturated heterocycles. The van der Waals surface area contributed by atoms with E-state index in [9.17, 15) is 8.42 Å². The van der Waals surface area contributed by atoms with Crippen LogP contribution in [0.4, 0.5) is 0 Å². The molecular weight excluding hydrogens is 212 g/mol. The molecule has 0 bridgehead atoms. The summed E-state index contributed by atoms with van der Waals surface area (Å²) in [4.78, 5) is 0. The third-order valence-corrected chi connectivity index (χ3v) is 5.20. The Morgan fingerprint density at radius 2 is 1.67 bits per heavy atom. The van der Waals surface area contributed by atoms with Gasteiger partial charge in [0.1, 0.15) is 0 Å². The van der Waals surface area contributed by atoms with Crippen molar-refractivity contribution in [1.29, 1.82) is 0 Å². The van der Waals surface area contributed by atoms with Crippen molar-refractivity contribution in [3.8, 4) is 0 Å². The smallest absolute Gasteiger partial charge is 0.155 e. The summed E-state index contributed by atoms with van der Waals surface area (Å²) in [7, 11) is -3.01. The number of hydrogen-bond acceptors (Lipinski definition) is 3. The number of rotatable bonds is 5. The van der Waals surface area contributed by atoms with Crippen molar-refractivity contribution in [2.24, 2.45) is 5.92 Å². The molecule has 4 heteroatoms. The monoisotopic (exact) mass is 236 g/mol. The Labute approximate surface area is 93.8 Å². The maximum absolute atomic E-state index is 11.8. The van der Waals surface area contributed by atoms with Crippen LogP contribution in [0.5, 0.6) is 0 Å². The molecule has 3 nitrogen and oxygen atoms in total. The van der Waals surface area contributed by atoms with Gasteiger partial charge in [-0.25, -0.2) is 8.42 Å². The molecule has 0 radical (unpaired) electrons. The van der Waals surface area contributed by atoms with Crippen molar-refractivity contribution in [2.45, 2.75) is 58.3 Å². The zero-order valence-corrected chi connectivity index (χ0v) is 11.3.